The number of amides is 1. The summed E-state index contributed by atoms with van der Waals surface area (Å²) in [5.41, 5.74) is 1.39. The van der Waals surface area contributed by atoms with E-state index < -0.39 is 12.6 Å². The number of carbonyl (C=O) groups is 2. The molecule has 1 heterocycles. The Morgan fingerprint density at radius 1 is 1.36 bits per heavy atom. The van der Waals surface area contributed by atoms with E-state index in [4.69, 9.17) is 14.4 Å². The summed E-state index contributed by atoms with van der Waals surface area (Å²) in [4.78, 5) is 22.2. The Morgan fingerprint density at radius 2 is 2.18 bits per heavy atom. The van der Waals surface area contributed by atoms with Crippen LogP contribution < -0.4 is 10.1 Å². The second-order valence-corrected chi connectivity index (χ2v) is 4.71. The lowest BCUT2D eigenvalue weighted by Gasteiger charge is -2.07. The van der Waals surface area contributed by atoms with Gasteiger partial charge in [-0.15, -0.1) is 0 Å². The fraction of sp³-hybridized carbons (Fsp3) is 0.267. The Hall–Kier alpha value is -2.83. The van der Waals surface area contributed by atoms with Gasteiger partial charge in [0.1, 0.15) is 11.5 Å². The molecule has 22 heavy (non-hydrogen) atoms. The lowest BCUT2D eigenvalue weighted by Crippen LogP contribution is -2.24. The van der Waals surface area contributed by atoms with Crippen molar-refractivity contribution in [1.29, 1.82) is 0 Å². The molecule has 0 radical (unpaired) electrons. The first-order chi connectivity index (χ1) is 10.5. The highest BCUT2D eigenvalue weighted by Crippen LogP contribution is 2.13. The molecular formula is C15H16N2O5. The summed E-state index contributed by atoms with van der Waals surface area (Å²) < 4.78 is 9.97. The molecule has 7 heteroatoms. The van der Waals surface area contributed by atoms with Gasteiger partial charge in [-0.3, -0.25) is 4.79 Å². The Labute approximate surface area is 126 Å². The van der Waals surface area contributed by atoms with Crippen molar-refractivity contribution in [2.45, 2.75) is 19.9 Å². The van der Waals surface area contributed by atoms with E-state index in [9.17, 15) is 9.59 Å². The second kappa shape index (κ2) is 7.26. The van der Waals surface area contributed by atoms with E-state index in [2.05, 4.69) is 10.5 Å². The van der Waals surface area contributed by atoms with Crippen LogP contribution in [0.1, 0.15) is 17.0 Å². The third kappa shape index (κ3) is 4.93. The third-order valence-corrected chi connectivity index (χ3v) is 2.77. The van der Waals surface area contributed by atoms with Gasteiger partial charge in [-0.05, 0) is 24.6 Å². The monoisotopic (exact) mass is 304 g/mol. The second-order valence-electron chi connectivity index (χ2n) is 4.71. The van der Waals surface area contributed by atoms with Crippen molar-refractivity contribution in [2.24, 2.45) is 0 Å². The average molecular weight is 304 g/mol. The third-order valence-electron chi connectivity index (χ3n) is 2.77. The Morgan fingerprint density at radius 3 is 2.86 bits per heavy atom. The number of hydrogen-bond acceptors (Lipinski definition) is 5. The van der Waals surface area contributed by atoms with E-state index in [1.165, 1.54) is 0 Å². The predicted octanol–water partition coefficient (Wildman–Crippen LogP) is 1.31. The van der Waals surface area contributed by atoms with Gasteiger partial charge in [-0.2, -0.15) is 0 Å². The molecule has 2 aromatic rings. The first-order valence-electron chi connectivity index (χ1n) is 6.65. The van der Waals surface area contributed by atoms with Crippen LogP contribution in [0, 0.1) is 6.92 Å². The molecule has 1 aromatic carbocycles. The van der Waals surface area contributed by atoms with Gasteiger partial charge in [0.25, 0.3) is 0 Å². The maximum atomic E-state index is 11.8. The number of carboxylic acids is 1. The first-order valence-corrected chi connectivity index (χ1v) is 6.65. The number of aliphatic carboxylic acids is 1. The van der Waals surface area contributed by atoms with Crippen LogP contribution in [-0.2, 0) is 22.6 Å². The van der Waals surface area contributed by atoms with E-state index in [1.807, 2.05) is 6.07 Å². The Kier molecular flexibility index (Phi) is 5.13. The van der Waals surface area contributed by atoms with E-state index >= 15 is 0 Å². The van der Waals surface area contributed by atoms with Crippen LogP contribution in [0.25, 0.3) is 0 Å². The molecule has 0 aliphatic heterocycles. The molecule has 0 unspecified atom stereocenters. The van der Waals surface area contributed by atoms with Gasteiger partial charge in [-0.1, -0.05) is 17.3 Å². The van der Waals surface area contributed by atoms with E-state index in [0.29, 0.717) is 23.7 Å². The van der Waals surface area contributed by atoms with Gasteiger partial charge in [0.05, 0.1) is 12.1 Å². The summed E-state index contributed by atoms with van der Waals surface area (Å²) in [6.07, 6.45) is 0.145. The highest BCUT2D eigenvalue weighted by Gasteiger charge is 2.08. The fourth-order valence-electron chi connectivity index (χ4n) is 1.82. The molecule has 1 aromatic heterocycles. The van der Waals surface area contributed by atoms with E-state index in [0.717, 1.165) is 5.56 Å². The van der Waals surface area contributed by atoms with Gasteiger partial charge in [0.2, 0.25) is 5.91 Å². The summed E-state index contributed by atoms with van der Waals surface area (Å²) in [7, 11) is 0. The molecule has 2 rings (SSSR count). The Balaban J connectivity index is 1.84. The van der Waals surface area contributed by atoms with Gasteiger partial charge in [0.15, 0.2) is 6.61 Å². The number of aromatic nitrogens is 1. The van der Waals surface area contributed by atoms with Crippen LogP contribution in [0.2, 0.25) is 0 Å². The molecule has 0 spiro atoms. The molecule has 0 fully saturated rings. The number of ether oxygens (including phenoxy) is 1. The first kappa shape index (κ1) is 15.6. The predicted molar refractivity (Wildman–Crippen MR) is 76.4 cm³/mol. The molecule has 7 nitrogen and oxygen atoms in total. The van der Waals surface area contributed by atoms with E-state index in [-0.39, 0.29) is 12.3 Å². The zero-order valence-electron chi connectivity index (χ0n) is 12.0. The lowest BCUT2D eigenvalue weighted by atomic mass is 10.2. The molecule has 1 amide bonds. The van der Waals surface area contributed by atoms with Crippen LogP contribution in [0.4, 0.5) is 0 Å². The number of aryl methyl sites for hydroxylation is 1. The molecule has 0 saturated heterocycles. The summed E-state index contributed by atoms with van der Waals surface area (Å²) >= 11 is 0. The molecular weight excluding hydrogens is 288 g/mol. The summed E-state index contributed by atoms with van der Waals surface area (Å²) in [6.45, 7) is 1.68. The van der Waals surface area contributed by atoms with Gasteiger partial charge >= 0.3 is 5.97 Å². The van der Waals surface area contributed by atoms with Crippen LogP contribution in [-0.4, -0.2) is 28.7 Å². The van der Waals surface area contributed by atoms with Crippen molar-refractivity contribution in [3.05, 3.63) is 47.3 Å². The number of rotatable bonds is 7. The zero-order valence-corrected chi connectivity index (χ0v) is 12.0. The molecule has 0 saturated carbocycles. The normalized spacial score (nSPS) is 10.2. The van der Waals surface area contributed by atoms with Crippen molar-refractivity contribution in [3.63, 3.8) is 0 Å². The van der Waals surface area contributed by atoms with Gasteiger partial charge < -0.3 is 19.7 Å². The van der Waals surface area contributed by atoms with Crippen LogP contribution >= 0.6 is 0 Å². The van der Waals surface area contributed by atoms with Crippen molar-refractivity contribution in [1.82, 2.24) is 10.5 Å². The standard InChI is InChI=1S/C15H16N2O5/c1-10-5-12(17-22-10)7-14(18)16-8-11-3-2-4-13(6-11)21-9-15(19)20/h2-6H,7-9H2,1H3,(H,16,18)(H,19,20). The quantitative estimate of drug-likeness (QED) is 0.799. The van der Waals surface area contributed by atoms with Gasteiger partial charge in [0, 0.05) is 12.6 Å². The molecule has 0 bridgehead atoms. The van der Waals surface area contributed by atoms with Crippen molar-refractivity contribution < 1.29 is 24.0 Å². The minimum absolute atomic E-state index is 0.145. The highest BCUT2D eigenvalue weighted by molar-refractivity contribution is 5.78. The number of carbonyl (C=O) groups excluding carboxylic acids is 1. The molecule has 116 valence electrons. The zero-order chi connectivity index (χ0) is 15.9. The summed E-state index contributed by atoms with van der Waals surface area (Å²) in [6, 6.07) is 8.60. The minimum Gasteiger partial charge on any atom is -0.482 e. The van der Waals surface area contributed by atoms with Crippen molar-refractivity contribution in [3.8, 4) is 5.75 Å². The van der Waals surface area contributed by atoms with Crippen LogP contribution in [0.15, 0.2) is 34.9 Å². The molecule has 0 aliphatic rings. The summed E-state index contributed by atoms with van der Waals surface area (Å²) in [5, 5.41) is 15.1. The lowest BCUT2D eigenvalue weighted by molar-refractivity contribution is -0.139. The van der Waals surface area contributed by atoms with Crippen LogP contribution in [0.3, 0.4) is 0 Å². The van der Waals surface area contributed by atoms with Crippen molar-refractivity contribution >= 4 is 11.9 Å². The smallest absolute Gasteiger partial charge is 0.341 e. The minimum atomic E-state index is -1.04. The fourth-order valence-corrected chi connectivity index (χ4v) is 1.82. The Bertz CT molecular complexity index is 665. The van der Waals surface area contributed by atoms with Crippen molar-refractivity contribution in [2.75, 3.05) is 6.61 Å². The topological polar surface area (TPSA) is 102 Å². The van der Waals surface area contributed by atoms with Gasteiger partial charge in [-0.25, -0.2) is 4.79 Å². The number of benzene rings is 1. The number of nitrogens with zero attached hydrogens (tertiary/aromatic N) is 1. The molecule has 2 N–H and O–H groups in total. The molecule has 0 atom stereocenters. The number of hydrogen-bond donors (Lipinski definition) is 2. The number of carboxylic acid groups (broad SMARTS) is 1. The number of nitrogens with one attached hydrogen (secondary N) is 1. The SMILES string of the molecule is Cc1cc(CC(=O)NCc2cccc(OCC(=O)O)c2)no1. The summed E-state index contributed by atoms with van der Waals surface area (Å²) in [5.74, 6) is -0.112. The highest BCUT2D eigenvalue weighted by atomic mass is 16.5. The largest absolute Gasteiger partial charge is 0.482 e. The maximum absolute atomic E-state index is 11.8. The van der Waals surface area contributed by atoms with Crippen LogP contribution in [0.5, 0.6) is 5.75 Å². The average Bonchev–Trinajstić information content (AvgIpc) is 2.88. The van der Waals surface area contributed by atoms with E-state index in [1.54, 1.807) is 31.2 Å². The molecule has 0 aliphatic carbocycles. The maximum Gasteiger partial charge on any atom is 0.341 e.